The Bertz CT molecular complexity index is 989. The summed E-state index contributed by atoms with van der Waals surface area (Å²) >= 11 is 7.68. The van der Waals surface area contributed by atoms with Gasteiger partial charge in [0.2, 0.25) is 11.8 Å². The largest absolute Gasteiger partial charge is 0.493 e. The average molecular weight is 507 g/mol. The Morgan fingerprint density at radius 3 is 2.38 bits per heavy atom. The van der Waals surface area contributed by atoms with Gasteiger partial charge in [-0.2, -0.15) is 0 Å². The van der Waals surface area contributed by atoms with Crippen LogP contribution in [0.1, 0.15) is 29.2 Å². The third kappa shape index (κ3) is 7.50. The fraction of sp³-hybridized carbons (Fsp3) is 0.462. The molecule has 1 aromatic heterocycles. The van der Waals surface area contributed by atoms with Gasteiger partial charge in [0.15, 0.2) is 11.5 Å². The Labute approximate surface area is 212 Å². The van der Waals surface area contributed by atoms with Crippen LogP contribution in [0.5, 0.6) is 11.5 Å². The second kappa shape index (κ2) is 12.8. The summed E-state index contributed by atoms with van der Waals surface area (Å²) in [5.41, 5.74) is 0.264. The predicted octanol–water partition coefficient (Wildman–Crippen LogP) is 4.92. The highest BCUT2D eigenvalue weighted by Gasteiger charge is 2.32. The van der Waals surface area contributed by atoms with Gasteiger partial charge in [0.25, 0.3) is 0 Å². The van der Waals surface area contributed by atoms with Crippen LogP contribution >= 0.6 is 22.9 Å². The number of carbonyl (C=O) groups is 2. The van der Waals surface area contributed by atoms with Crippen molar-refractivity contribution in [2.75, 3.05) is 39.7 Å². The van der Waals surface area contributed by atoms with Crippen molar-refractivity contribution < 1.29 is 19.1 Å². The summed E-state index contributed by atoms with van der Waals surface area (Å²) in [5, 5.41) is 0. The molecule has 0 N–H and O–H groups in total. The van der Waals surface area contributed by atoms with Gasteiger partial charge < -0.3 is 19.3 Å². The van der Waals surface area contributed by atoms with E-state index in [9.17, 15) is 9.59 Å². The van der Waals surface area contributed by atoms with Gasteiger partial charge >= 0.3 is 0 Å². The topological polar surface area (TPSA) is 59.1 Å². The minimum absolute atomic E-state index is 0.0263. The van der Waals surface area contributed by atoms with Crippen LogP contribution in [0.15, 0.2) is 43.0 Å². The molecule has 0 bridgehead atoms. The Morgan fingerprint density at radius 1 is 1.12 bits per heavy atom. The van der Waals surface area contributed by atoms with Crippen molar-refractivity contribution in [3.05, 3.63) is 58.3 Å². The Kier molecular flexibility index (Phi) is 10.5. The molecular formula is C26H35ClN2O4S. The van der Waals surface area contributed by atoms with E-state index >= 15 is 0 Å². The molecule has 8 heteroatoms. The van der Waals surface area contributed by atoms with E-state index in [1.807, 2.05) is 37.3 Å². The van der Waals surface area contributed by atoms with Crippen LogP contribution in [0.2, 0.25) is 0 Å². The van der Waals surface area contributed by atoms with Crippen molar-refractivity contribution in [2.24, 2.45) is 5.41 Å². The van der Waals surface area contributed by atoms with Crippen molar-refractivity contribution in [1.29, 1.82) is 0 Å². The molecular weight excluding hydrogens is 472 g/mol. The van der Waals surface area contributed by atoms with E-state index in [2.05, 4.69) is 6.58 Å². The number of hydrogen-bond acceptors (Lipinski definition) is 5. The van der Waals surface area contributed by atoms with Gasteiger partial charge in [-0.1, -0.05) is 12.1 Å². The van der Waals surface area contributed by atoms with E-state index in [4.69, 9.17) is 21.1 Å². The molecule has 0 saturated heterocycles. The normalized spacial score (nSPS) is 11.1. The van der Waals surface area contributed by atoms with Crippen LogP contribution in [0.25, 0.3) is 0 Å². The number of rotatable bonds is 13. The fourth-order valence-corrected chi connectivity index (χ4v) is 4.49. The lowest BCUT2D eigenvalue weighted by molar-refractivity contribution is -0.145. The zero-order valence-electron chi connectivity index (χ0n) is 20.7. The first-order valence-electron chi connectivity index (χ1n) is 11.2. The highest BCUT2D eigenvalue weighted by atomic mass is 35.5. The molecule has 0 aliphatic rings. The minimum atomic E-state index is -0.764. The van der Waals surface area contributed by atoms with Crippen LogP contribution in [0, 0.1) is 12.3 Å². The first-order chi connectivity index (χ1) is 16.1. The van der Waals surface area contributed by atoms with Gasteiger partial charge in [0.1, 0.15) is 6.54 Å². The molecule has 0 aliphatic carbocycles. The number of aryl methyl sites for hydroxylation is 1. The summed E-state index contributed by atoms with van der Waals surface area (Å²) in [5.74, 6) is 1.20. The standard InChI is InChI=1S/C26H35ClN2O4S/c1-7-13-29(25(31)26(3,4)18-27)17-24(30)28(16-21-10-8-19(2)34-21)14-12-20-9-11-22(32-5)23(15-20)33-6/h7-11,15H,1,12-14,16-18H2,2-6H3. The smallest absolute Gasteiger partial charge is 0.242 e. The van der Waals surface area contributed by atoms with Gasteiger partial charge in [0, 0.05) is 28.7 Å². The van der Waals surface area contributed by atoms with Gasteiger partial charge in [-0.3, -0.25) is 9.59 Å². The van der Waals surface area contributed by atoms with E-state index in [0.717, 1.165) is 10.4 Å². The number of thiophene rings is 1. The van der Waals surface area contributed by atoms with Gasteiger partial charge in [-0.05, 0) is 57.0 Å². The maximum Gasteiger partial charge on any atom is 0.242 e. The molecule has 1 aromatic carbocycles. The molecule has 0 atom stereocenters. The number of ether oxygens (including phenoxy) is 2. The van der Waals surface area contributed by atoms with Crippen LogP contribution in [-0.2, 0) is 22.6 Å². The second-order valence-corrected chi connectivity index (χ2v) is 10.4. The molecule has 0 aliphatic heterocycles. The molecule has 0 unspecified atom stereocenters. The number of carbonyl (C=O) groups excluding carboxylic acids is 2. The van der Waals surface area contributed by atoms with E-state index in [1.165, 1.54) is 9.78 Å². The third-order valence-corrected chi connectivity index (χ3v) is 7.14. The molecule has 2 amide bonds. The number of hydrogen-bond donors (Lipinski definition) is 0. The SMILES string of the molecule is C=CCN(CC(=O)N(CCc1ccc(OC)c(OC)c1)Cc1ccc(C)s1)C(=O)C(C)(C)CCl. The van der Waals surface area contributed by atoms with Crippen molar-refractivity contribution in [3.8, 4) is 11.5 Å². The molecule has 0 fully saturated rings. The van der Waals surface area contributed by atoms with Crippen molar-refractivity contribution in [2.45, 2.75) is 33.7 Å². The summed E-state index contributed by atoms with van der Waals surface area (Å²) in [6, 6.07) is 9.85. The Morgan fingerprint density at radius 2 is 1.82 bits per heavy atom. The maximum atomic E-state index is 13.4. The number of alkyl halides is 1. The number of methoxy groups -OCH3 is 2. The maximum absolute atomic E-state index is 13.4. The highest BCUT2D eigenvalue weighted by Crippen LogP contribution is 2.28. The van der Waals surface area contributed by atoms with Crippen LogP contribution in [-0.4, -0.2) is 61.3 Å². The zero-order chi connectivity index (χ0) is 25.3. The quantitative estimate of drug-likeness (QED) is 0.285. The summed E-state index contributed by atoms with van der Waals surface area (Å²) < 4.78 is 10.7. The number of nitrogens with zero attached hydrogens (tertiary/aromatic N) is 2. The van der Waals surface area contributed by atoms with E-state index < -0.39 is 5.41 Å². The van der Waals surface area contributed by atoms with Crippen molar-refractivity contribution in [3.63, 3.8) is 0 Å². The molecule has 2 rings (SSSR count). The van der Waals surface area contributed by atoms with Gasteiger partial charge in [0.05, 0.1) is 26.2 Å². The molecule has 1 heterocycles. The first-order valence-corrected chi connectivity index (χ1v) is 12.5. The van der Waals surface area contributed by atoms with E-state index in [0.29, 0.717) is 31.0 Å². The molecule has 34 heavy (non-hydrogen) atoms. The lowest BCUT2D eigenvalue weighted by Gasteiger charge is -2.31. The minimum Gasteiger partial charge on any atom is -0.493 e. The van der Waals surface area contributed by atoms with Crippen LogP contribution < -0.4 is 9.47 Å². The molecule has 2 aromatic rings. The monoisotopic (exact) mass is 506 g/mol. The predicted molar refractivity (Wildman–Crippen MR) is 139 cm³/mol. The van der Waals surface area contributed by atoms with Crippen molar-refractivity contribution in [1.82, 2.24) is 9.80 Å². The van der Waals surface area contributed by atoms with E-state index in [-0.39, 0.29) is 30.8 Å². The molecule has 0 radical (unpaired) electrons. The Balaban J connectivity index is 2.22. The fourth-order valence-electron chi connectivity index (χ4n) is 3.47. The van der Waals surface area contributed by atoms with Crippen LogP contribution in [0.4, 0.5) is 0 Å². The molecule has 186 valence electrons. The summed E-state index contributed by atoms with van der Waals surface area (Å²) in [6.07, 6.45) is 2.27. The molecule has 0 saturated carbocycles. The van der Waals surface area contributed by atoms with Crippen LogP contribution in [0.3, 0.4) is 0 Å². The first kappa shape index (κ1) is 27.7. The van der Waals surface area contributed by atoms with E-state index in [1.54, 1.807) is 50.4 Å². The lowest BCUT2D eigenvalue weighted by Crippen LogP contribution is -2.48. The lowest BCUT2D eigenvalue weighted by atomic mass is 9.94. The third-order valence-electron chi connectivity index (χ3n) is 5.49. The Hall–Kier alpha value is -2.51. The highest BCUT2D eigenvalue weighted by molar-refractivity contribution is 7.11. The number of amides is 2. The van der Waals surface area contributed by atoms with Gasteiger partial charge in [-0.15, -0.1) is 29.5 Å². The second-order valence-electron chi connectivity index (χ2n) is 8.76. The van der Waals surface area contributed by atoms with Crippen molar-refractivity contribution >= 4 is 34.8 Å². The zero-order valence-corrected chi connectivity index (χ0v) is 22.3. The number of benzene rings is 1. The number of halogens is 1. The average Bonchev–Trinajstić information content (AvgIpc) is 3.24. The summed E-state index contributed by atoms with van der Waals surface area (Å²) in [6.45, 7) is 10.6. The van der Waals surface area contributed by atoms with Gasteiger partial charge in [-0.25, -0.2) is 0 Å². The summed E-state index contributed by atoms with van der Waals surface area (Å²) in [7, 11) is 3.20. The molecule has 0 spiro atoms. The molecule has 6 nitrogen and oxygen atoms in total. The summed E-state index contributed by atoms with van der Waals surface area (Å²) in [4.78, 5) is 32.1.